The summed E-state index contributed by atoms with van der Waals surface area (Å²) in [5.74, 6) is 0.643. The Labute approximate surface area is 186 Å². The standard InChI is InChI=1S/C25H25N3O4/c29-22-4-1-3-19(15-22)18-6-8-20(9-7-18)28-17-21(16-24(28)30)26-10-12-27(13-11-26)25(31)23-5-2-14-32-23/h1-9,14-15,21,29H,10-13,16-17H2. The van der Waals surface area contributed by atoms with Gasteiger partial charge in [0.05, 0.1) is 6.26 Å². The molecule has 7 nitrogen and oxygen atoms in total. The lowest BCUT2D eigenvalue weighted by molar-refractivity contribution is -0.117. The van der Waals surface area contributed by atoms with E-state index in [0.29, 0.717) is 31.8 Å². The van der Waals surface area contributed by atoms with Crippen molar-refractivity contribution in [1.29, 1.82) is 0 Å². The van der Waals surface area contributed by atoms with E-state index < -0.39 is 0 Å². The molecule has 1 N–H and O–H groups in total. The summed E-state index contributed by atoms with van der Waals surface area (Å²) >= 11 is 0. The predicted molar refractivity (Wildman–Crippen MR) is 120 cm³/mol. The molecule has 0 radical (unpaired) electrons. The van der Waals surface area contributed by atoms with Gasteiger partial charge in [-0.1, -0.05) is 24.3 Å². The van der Waals surface area contributed by atoms with Crippen LogP contribution in [0.3, 0.4) is 0 Å². The summed E-state index contributed by atoms with van der Waals surface area (Å²) in [6.07, 6.45) is 2.00. The highest BCUT2D eigenvalue weighted by Gasteiger charge is 2.36. The van der Waals surface area contributed by atoms with Gasteiger partial charge in [0.2, 0.25) is 5.91 Å². The van der Waals surface area contributed by atoms with Gasteiger partial charge in [0.15, 0.2) is 5.76 Å². The van der Waals surface area contributed by atoms with Gasteiger partial charge in [-0.3, -0.25) is 14.5 Å². The molecule has 0 aliphatic carbocycles. The monoisotopic (exact) mass is 431 g/mol. The lowest BCUT2D eigenvalue weighted by atomic mass is 10.1. The second-order valence-corrected chi connectivity index (χ2v) is 8.26. The highest BCUT2D eigenvalue weighted by Crippen LogP contribution is 2.29. The van der Waals surface area contributed by atoms with Crippen LogP contribution in [0.1, 0.15) is 17.0 Å². The van der Waals surface area contributed by atoms with Crippen molar-refractivity contribution in [2.24, 2.45) is 0 Å². The number of carbonyl (C=O) groups is 2. The quantitative estimate of drug-likeness (QED) is 0.686. The molecule has 32 heavy (non-hydrogen) atoms. The molecule has 2 fully saturated rings. The molecule has 2 aliphatic rings. The molecule has 2 aromatic carbocycles. The summed E-state index contributed by atoms with van der Waals surface area (Å²) in [6, 6.07) is 18.6. The maximum Gasteiger partial charge on any atom is 0.289 e. The third kappa shape index (κ3) is 3.99. The molecule has 1 unspecified atom stereocenters. The summed E-state index contributed by atoms with van der Waals surface area (Å²) in [7, 11) is 0. The Morgan fingerprint density at radius 3 is 2.41 bits per heavy atom. The molecular weight excluding hydrogens is 406 g/mol. The third-order valence-electron chi connectivity index (χ3n) is 6.31. The number of hydrogen-bond donors (Lipinski definition) is 1. The van der Waals surface area contributed by atoms with Crippen molar-refractivity contribution in [2.75, 3.05) is 37.6 Å². The van der Waals surface area contributed by atoms with Gasteiger partial charge in [-0.15, -0.1) is 0 Å². The summed E-state index contributed by atoms with van der Waals surface area (Å²) in [6.45, 7) is 3.39. The Balaban J connectivity index is 1.21. The van der Waals surface area contributed by atoms with E-state index in [2.05, 4.69) is 4.90 Å². The van der Waals surface area contributed by atoms with Crippen molar-refractivity contribution in [2.45, 2.75) is 12.5 Å². The normalized spacial score (nSPS) is 19.5. The molecular formula is C25H25N3O4. The Kier molecular flexibility index (Phi) is 5.41. The zero-order valence-corrected chi connectivity index (χ0v) is 17.7. The number of amides is 2. The van der Waals surface area contributed by atoms with Crippen molar-refractivity contribution in [3.05, 3.63) is 72.7 Å². The summed E-state index contributed by atoms with van der Waals surface area (Å²) < 4.78 is 5.23. The fourth-order valence-corrected chi connectivity index (χ4v) is 4.55. The van der Waals surface area contributed by atoms with Crippen LogP contribution in [-0.4, -0.2) is 65.5 Å². The molecule has 3 heterocycles. The third-order valence-corrected chi connectivity index (χ3v) is 6.31. The molecule has 0 bridgehead atoms. The number of phenols is 1. The van der Waals surface area contributed by atoms with Gasteiger partial charge in [0.1, 0.15) is 5.75 Å². The predicted octanol–water partition coefficient (Wildman–Crippen LogP) is 3.22. The minimum absolute atomic E-state index is 0.0781. The van der Waals surface area contributed by atoms with Gasteiger partial charge in [0.25, 0.3) is 5.91 Å². The molecule has 1 aromatic heterocycles. The first-order valence-electron chi connectivity index (χ1n) is 10.8. The van der Waals surface area contributed by atoms with Crippen molar-refractivity contribution in [1.82, 2.24) is 9.80 Å². The van der Waals surface area contributed by atoms with Crippen LogP contribution < -0.4 is 4.90 Å². The van der Waals surface area contributed by atoms with Gasteiger partial charge in [-0.2, -0.15) is 0 Å². The van der Waals surface area contributed by atoms with Crippen LogP contribution >= 0.6 is 0 Å². The first-order chi connectivity index (χ1) is 15.6. The number of aromatic hydroxyl groups is 1. The minimum atomic E-state index is -0.0781. The van der Waals surface area contributed by atoms with Crippen molar-refractivity contribution < 1.29 is 19.1 Å². The molecule has 2 amide bonds. The number of furan rings is 1. The van der Waals surface area contributed by atoms with Crippen LogP contribution in [0.5, 0.6) is 5.75 Å². The average Bonchev–Trinajstić information content (AvgIpc) is 3.49. The van der Waals surface area contributed by atoms with E-state index >= 15 is 0 Å². The van der Waals surface area contributed by atoms with E-state index in [1.165, 1.54) is 6.26 Å². The van der Waals surface area contributed by atoms with Gasteiger partial charge < -0.3 is 19.3 Å². The number of nitrogens with zero attached hydrogens (tertiary/aromatic N) is 3. The van der Waals surface area contributed by atoms with Gasteiger partial charge in [0, 0.05) is 50.9 Å². The van der Waals surface area contributed by atoms with Crippen LogP contribution in [0.25, 0.3) is 11.1 Å². The number of piperazine rings is 1. The molecule has 2 aliphatic heterocycles. The Bertz CT molecular complexity index is 1100. The lowest BCUT2D eigenvalue weighted by Gasteiger charge is -2.37. The maximum atomic E-state index is 12.7. The fourth-order valence-electron chi connectivity index (χ4n) is 4.55. The van der Waals surface area contributed by atoms with Crippen LogP contribution in [-0.2, 0) is 4.79 Å². The lowest BCUT2D eigenvalue weighted by Crippen LogP contribution is -2.52. The van der Waals surface area contributed by atoms with Crippen molar-refractivity contribution in [3.8, 4) is 16.9 Å². The second-order valence-electron chi connectivity index (χ2n) is 8.26. The molecule has 0 spiro atoms. The van der Waals surface area contributed by atoms with E-state index in [4.69, 9.17) is 4.42 Å². The Hall–Kier alpha value is -3.58. The molecule has 1 atom stereocenters. The number of benzene rings is 2. The fraction of sp³-hybridized carbons (Fsp3) is 0.280. The van der Waals surface area contributed by atoms with E-state index in [9.17, 15) is 14.7 Å². The summed E-state index contributed by atoms with van der Waals surface area (Å²) in [5, 5.41) is 9.70. The molecule has 3 aromatic rings. The Morgan fingerprint density at radius 1 is 0.938 bits per heavy atom. The van der Waals surface area contributed by atoms with E-state index in [0.717, 1.165) is 29.9 Å². The highest BCUT2D eigenvalue weighted by atomic mass is 16.3. The first kappa shape index (κ1) is 20.3. The SMILES string of the molecule is O=C(c1ccco1)N1CCN(C2CC(=O)N(c3ccc(-c4cccc(O)c4)cc3)C2)CC1. The number of rotatable bonds is 4. The molecule has 7 heteroatoms. The first-order valence-corrected chi connectivity index (χ1v) is 10.8. The molecule has 0 saturated carbocycles. The van der Waals surface area contributed by atoms with Gasteiger partial charge >= 0.3 is 0 Å². The number of anilines is 1. The van der Waals surface area contributed by atoms with Gasteiger partial charge in [-0.05, 0) is 47.5 Å². The van der Waals surface area contributed by atoms with E-state index in [1.54, 1.807) is 24.3 Å². The van der Waals surface area contributed by atoms with Crippen molar-refractivity contribution in [3.63, 3.8) is 0 Å². The van der Waals surface area contributed by atoms with Gasteiger partial charge in [-0.25, -0.2) is 0 Å². The van der Waals surface area contributed by atoms with Crippen LogP contribution in [0.15, 0.2) is 71.3 Å². The number of hydrogen-bond acceptors (Lipinski definition) is 5. The zero-order valence-electron chi connectivity index (χ0n) is 17.7. The van der Waals surface area contributed by atoms with Crippen molar-refractivity contribution >= 4 is 17.5 Å². The maximum absolute atomic E-state index is 12.7. The zero-order chi connectivity index (χ0) is 22.1. The smallest absolute Gasteiger partial charge is 0.289 e. The van der Waals surface area contributed by atoms with Crippen LogP contribution in [0.4, 0.5) is 5.69 Å². The Morgan fingerprint density at radius 2 is 1.72 bits per heavy atom. The number of phenolic OH excluding ortho intramolecular Hbond substituents is 1. The largest absolute Gasteiger partial charge is 0.508 e. The molecule has 2 saturated heterocycles. The summed E-state index contributed by atoms with van der Waals surface area (Å²) in [5.41, 5.74) is 2.81. The van der Waals surface area contributed by atoms with Crippen LogP contribution in [0.2, 0.25) is 0 Å². The van der Waals surface area contributed by atoms with Crippen LogP contribution in [0, 0.1) is 0 Å². The van der Waals surface area contributed by atoms with E-state index in [1.807, 2.05) is 46.2 Å². The topological polar surface area (TPSA) is 77.2 Å². The summed E-state index contributed by atoms with van der Waals surface area (Å²) in [4.78, 5) is 31.2. The molecule has 164 valence electrons. The average molecular weight is 431 g/mol. The minimum Gasteiger partial charge on any atom is -0.508 e. The second kappa shape index (κ2) is 8.51. The molecule has 5 rings (SSSR count). The van der Waals surface area contributed by atoms with E-state index in [-0.39, 0.29) is 23.6 Å². The highest BCUT2D eigenvalue weighted by molar-refractivity contribution is 5.96. The number of carbonyl (C=O) groups excluding carboxylic acids is 2.